The Hall–Kier alpha value is -4.48. The lowest BCUT2D eigenvalue weighted by Crippen LogP contribution is -2.23. The third-order valence-corrected chi connectivity index (χ3v) is 8.03. The van der Waals surface area contributed by atoms with Gasteiger partial charge in [0, 0.05) is 5.56 Å². The molecule has 0 bridgehead atoms. The molecule has 5 nitrogen and oxygen atoms in total. The van der Waals surface area contributed by atoms with Crippen molar-refractivity contribution in [3.63, 3.8) is 0 Å². The summed E-state index contributed by atoms with van der Waals surface area (Å²) >= 11 is 0. The third kappa shape index (κ3) is 5.33. The van der Waals surface area contributed by atoms with Gasteiger partial charge in [-0.15, -0.1) is 0 Å². The van der Waals surface area contributed by atoms with E-state index in [2.05, 4.69) is 35.5 Å². The monoisotopic (exact) mass is 543 g/mol. The van der Waals surface area contributed by atoms with Crippen LogP contribution in [-0.4, -0.2) is 22.8 Å². The Morgan fingerprint density at radius 3 is 2.17 bits per heavy atom. The Morgan fingerprint density at radius 2 is 1.51 bits per heavy atom. The molecule has 6 rings (SSSR count). The van der Waals surface area contributed by atoms with Gasteiger partial charge in [-0.1, -0.05) is 108 Å². The molecule has 0 saturated heterocycles. The largest absolute Gasteiger partial charge is 0.465 e. The van der Waals surface area contributed by atoms with E-state index in [1.54, 1.807) is 0 Å². The summed E-state index contributed by atoms with van der Waals surface area (Å²) < 4.78 is 11.1. The van der Waals surface area contributed by atoms with Crippen LogP contribution in [0.2, 0.25) is 0 Å². The molecule has 1 fully saturated rings. The molecule has 0 aliphatic heterocycles. The quantitative estimate of drug-likeness (QED) is 0.194. The number of esters is 1. The topological polar surface area (TPSA) is 72.6 Å². The highest BCUT2D eigenvalue weighted by Gasteiger charge is 2.52. The molecule has 206 valence electrons. The lowest BCUT2D eigenvalue weighted by Gasteiger charge is -2.15. The van der Waals surface area contributed by atoms with Crippen molar-refractivity contribution >= 4 is 5.97 Å². The summed E-state index contributed by atoms with van der Waals surface area (Å²) in [6, 6.07) is 34.6. The molecule has 1 atom stereocenters. The zero-order valence-corrected chi connectivity index (χ0v) is 23.3. The number of hydrogen-bond acceptors (Lipinski definition) is 5. The van der Waals surface area contributed by atoms with Crippen LogP contribution in [-0.2, 0) is 21.4 Å². The van der Waals surface area contributed by atoms with Crippen molar-refractivity contribution in [2.24, 2.45) is 0 Å². The van der Waals surface area contributed by atoms with E-state index in [1.807, 2.05) is 86.6 Å². The third-order valence-electron chi connectivity index (χ3n) is 8.03. The molecule has 1 aromatic heterocycles. The van der Waals surface area contributed by atoms with Crippen molar-refractivity contribution in [1.82, 2.24) is 5.16 Å². The maximum absolute atomic E-state index is 12.5. The second kappa shape index (κ2) is 11.2. The van der Waals surface area contributed by atoms with Gasteiger partial charge in [-0.05, 0) is 66.5 Å². The maximum atomic E-state index is 12.5. The lowest BCUT2D eigenvalue weighted by molar-refractivity contribution is -0.146. The summed E-state index contributed by atoms with van der Waals surface area (Å²) in [5.41, 5.74) is 8.00. The Kier molecular flexibility index (Phi) is 7.29. The van der Waals surface area contributed by atoms with Crippen LogP contribution < -0.4 is 0 Å². The van der Waals surface area contributed by atoms with E-state index in [0.717, 1.165) is 52.6 Å². The van der Waals surface area contributed by atoms with Gasteiger partial charge in [0.1, 0.15) is 6.10 Å². The summed E-state index contributed by atoms with van der Waals surface area (Å²) in [5, 5.41) is 15.7. The van der Waals surface area contributed by atoms with Gasteiger partial charge in [-0.25, -0.2) is 0 Å². The van der Waals surface area contributed by atoms with Gasteiger partial charge in [0.15, 0.2) is 5.76 Å². The van der Waals surface area contributed by atoms with Crippen molar-refractivity contribution < 1.29 is 19.2 Å². The number of rotatable bonds is 9. The first kappa shape index (κ1) is 26.7. The number of carbonyl (C=O) groups is 1. The van der Waals surface area contributed by atoms with Gasteiger partial charge in [0.05, 0.1) is 23.3 Å². The minimum atomic E-state index is -0.867. The first-order chi connectivity index (χ1) is 20.0. The van der Waals surface area contributed by atoms with E-state index in [1.165, 1.54) is 5.56 Å². The lowest BCUT2D eigenvalue weighted by atomic mass is 9.92. The fourth-order valence-electron chi connectivity index (χ4n) is 5.58. The zero-order chi connectivity index (χ0) is 28.4. The van der Waals surface area contributed by atoms with E-state index >= 15 is 0 Å². The van der Waals surface area contributed by atoms with Crippen LogP contribution in [0.1, 0.15) is 59.4 Å². The second-order valence-corrected chi connectivity index (χ2v) is 10.8. The van der Waals surface area contributed by atoms with E-state index in [9.17, 15) is 9.90 Å². The summed E-state index contributed by atoms with van der Waals surface area (Å²) in [6.07, 6.45) is 1.60. The summed E-state index contributed by atoms with van der Waals surface area (Å²) in [7, 11) is 0. The van der Waals surface area contributed by atoms with E-state index in [0.29, 0.717) is 23.6 Å². The van der Waals surface area contributed by atoms with E-state index in [4.69, 9.17) is 9.26 Å². The van der Waals surface area contributed by atoms with Gasteiger partial charge < -0.3 is 14.4 Å². The van der Waals surface area contributed by atoms with Gasteiger partial charge in [0.25, 0.3) is 0 Å². The van der Waals surface area contributed by atoms with Crippen molar-refractivity contribution in [1.29, 1.82) is 0 Å². The number of aryl methyl sites for hydroxylation is 1. The highest BCUT2D eigenvalue weighted by atomic mass is 16.5. The van der Waals surface area contributed by atoms with Crippen molar-refractivity contribution in [2.45, 2.75) is 44.6 Å². The van der Waals surface area contributed by atoms with Gasteiger partial charge >= 0.3 is 5.97 Å². The molecule has 0 spiro atoms. The predicted octanol–water partition coefficient (Wildman–Crippen LogP) is 7.58. The Morgan fingerprint density at radius 1 is 0.878 bits per heavy atom. The Bertz CT molecular complexity index is 1650. The number of aromatic nitrogens is 1. The summed E-state index contributed by atoms with van der Waals surface area (Å²) in [6.45, 7) is 4.10. The minimum absolute atomic E-state index is 0.125. The summed E-state index contributed by atoms with van der Waals surface area (Å²) in [5.74, 6) is 0.441. The SMILES string of the molecule is CCOC(=O)C1(c2ccc(-c3ccc(-c4onc(C)c4C(O)c4cccc(Cc5ccccc5)c4)cc3)cc2)CC1. The number of benzene rings is 4. The number of nitrogens with zero attached hydrogens (tertiary/aromatic N) is 1. The van der Waals surface area contributed by atoms with Crippen LogP contribution in [0, 0.1) is 6.92 Å². The molecule has 41 heavy (non-hydrogen) atoms. The number of aliphatic hydroxyl groups excluding tert-OH is 1. The number of aliphatic hydroxyl groups is 1. The van der Waals surface area contributed by atoms with Crippen LogP contribution in [0.5, 0.6) is 0 Å². The van der Waals surface area contributed by atoms with Crippen LogP contribution >= 0.6 is 0 Å². The van der Waals surface area contributed by atoms with Gasteiger partial charge in [-0.3, -0.25) is 4.79 Å². The molecule has 0 radical (unpaired) electrons. The fourth-order valence-corrected chi connectivity index (χ4v) is 5.58. The smallest absolute Gasteiger partial charge is 0.316 e. The molecule has 1 heterocycles. The Labute approximate surface area is 240 Å². The molecule has 1 unspecified atom stereocenters. The molecule has 4 aromatic carbocycles. The average molecular weight is 544 g/mol. The standard InChI is InChI=1S/C36H33NO4/c1-3-40-35(39)36(20-21-36)31-18-16-28(17-19-31)27-12-14-29(15-13-27)34-32(24(2)37-41-34)33(38)30-11-7-10-26(23-30)22-25-8-5-4-6-9-25/h4-19,23,33,38H,3,20-22H2,1-2H3. The first-order valence-electron chi connectivity index (χ1n) is 14.1. The predicted molar refractivity (Wildman–Crippen MR) is 159 cm³/mol. The Balaban J connectivity index is 1.22. The molecule has 1 saturated carbocycles. The summed E-state index contributed by atoms with van der Waals surface area (Å²) in [4.78, 5) is 12.5. The molecule has 1 aliphatic rings. The maximum Gasteiger partial charge on any atom is 0.316 e. The highest BCUT2D eigenvalue weighted by Crippen LogP contribution is 2.49. The molecule has 5 aromatic rings. The molecule has 0 amide bonds. The van der Waals surface area contributed by atoms with Crippen molar-refractivity contribution in [3.05, 3.63) is 137 Å². The number of carbonyl (C=O) groups excluding carboxylic acids is 1. The van der Waals surface area contributed by atoms with E-state index in [-0.39, 0.29) is 5.97 Å². The molecular weight excluding hydrogens is 510 g/mol. The second-order valence-electron chi connectivity index (χ2n) is 10.8. The minimum Gasteiger partial charge on any atom is -0.465 e. The van der Waals surface area contributed by atoms with Crippen molar-refractivity contribution in [2.75, 3.05) is 6.61 Å². The van der Waals surface area contributed by atoms with E-state index < -0.39 is 11.5 Å². The molecule has 1 N–H and O–H groups in total. The van der Waals surface area contributed by atoms with Crippen LogP contribution in [0.4, 0.5) is 0 Å². The van der Waals surface area contributed by atoms with Crippen molar-refractivity contribution in [3.8, 4) is 22.5 Å². The zero-order valence-electron chi connectivity index (χ0n) is 23.3. The molecule has 5 heteroatoms. The average Bonchev–Trinajstić information content (AvgIpc) is 3.74. The van der Waals surface area contributed by atoms with Crippen LogP contribution in [0.25, 0.3) is 22.5 Å². The fraction of sp³-hybridized carbons (Fsp3) is 0.222. The molecular formula is C36H33NO4. The molecule has 1 aliphatic carbocycles. The van der Waals surface area contributed by atoms with Crippen LogP contribution in [0.3, 0.4) is 0 Å². The first-order valence-corrected chi connectivity index (χ1v) is 14.1. The highest BCUT2D eigenvalue weighted by molar-refractivity contribution is 5.87. The van der Waals surface area contributed by atoms with Crippen LogP contribution in [0.15, 0.2) is 108 Å². The van der Waals surface area contributed by atoms with Gasteiger partial charge in [0.2, 0.25) is 0 Å². The normalized spacial score (nSPS) is 14.4. The van der Waals surface area contributed by atoms with Gasteiger partial charge in [-0.2, -0.15) is 0 Å². The number of ether oxygens (including phenoxy) is 1. The number of hydrogen-bond donors (Lipinski definition) is 1.